The number of ketones is 1. The minimum atomic E-state index is 0.258. The maximum atomic E-state index is 11.6. The Morgan fingerprint density at radius 2 is 2.38 bits per heavy atom. The summed E-state index contributed by atoms with van der Waals surface area (Å²) in [5.74, 6) is 1.06. The third-order valence-electron chi connectivity index (χ3n) is 2.70. The highest BCUT2D eigenvalue weighted by atomic mass is 16.1. The number of rotatable bonds is 3. The van der Waals surface area contributed by atoms with Gasteiger partial charge in [-0.15, -0.1) is 6.58 Å². The second-order valence-corrected chi connectivity index (χ2v) is 4.09. The number of hydrogen-bond donors (Lipinski definition) is 0. The van der Waals surface area contributed by atoms with Crippen molar-refractivity contribution < 1.29 is 4.79 Å². The quantitative estimate of drug-likeness (QED) is 0.607. The molecule has 0 radical (unpaired) electrons. The van der Waals surface area contributed by atoms with E-state index in [1.807, 2.05) is 12.2 Å². The molecule has 1 aliphatic rings. The first-order valence-electron chi connectivity index (χ1n) is 4.99. The summed E-state index contributed by atoms with van der Waals surface area (Å²) in [6, 6.07) is 0. The third-order valence-corrected chi connectivity index (χ3v) is 2.70. The Balaban J connectivity index is 2.65. The van der Waals surface area contributed by atoms with Crippen LogP contribution in [0.5, 0.6) is 0 Å². The van der Waals surface area contributed by atoms with Gasteiger partial charge in [0.2, 0.25) is 0 Å². The van der Waals surface area contributed by atoms with Crippen molar-refractivity contribution in [2.75, 3.05) is 0 Å². The average molecular weight is 178 g/mol. The van der Waals surface area contributed by atoms with E-state index in [0.29, 0.717) is 11.7 Å². The Labute approximate surface area is 80.5 Å². The van der Waals surface area contributed by atoms with E-state index in [-0.39, 0.29) is 5.92 Å². The lowest BCUT2D eigenvalue weighted by Gasteiger charge is -2.23. The van der Waals surface area contributed by atoms with Crippen LogP contribution in [0.3, 0.4) is 0 Å². The van der Waals surface area contributed by atoms with Crippen LogP contribution < -0.4 is 0 Å². The number of carbonyl (C=O) groups excluding carboxylic acids is 1. The number of carbonyl (C=O) groups is 1. The van der Waals surface area contributed by atoms with Gasteiger partial charge in [0.1, 0.15) is 0 Å². The van der Waals surface area contributed by atoms with E-state index in [1.165, 1.54) is 5.57 Å². The highest BCUT2D eigenvalue weighted by molar-refractivity contribution is 5.93. The summed E-state index contributed by atoms with van der Waals surface area (Å²) in [6.45, 7) is 7.92. The SMILES string of the molecule is C=CCC1=CC(=O)C(C(C)C)CC1. The van der Waals surface area contributed by atoms with Crippen LogP contribution in [-0.2, 0) is 4.79 Å². The van der Waals surface area contributed by atoms with Gasteiger partial charge in [-0.2, -0.15) is 0 Å². The van der Waals surface area contributed by atoms with E-state index < -0.39 is 0 Å². The van der Waals surface area contributed by atoms with Gasteiger partial charge in [-0.3, -0.25) is 4.79 Å². The van der Waals surface area contributed by atoms with Gasteiger partial charge in [0.25, 0.3) is 0 Å². The topological polar surface area (TPSA) is 17.1 Å². The fourth-order valence-corrected chi connectivity index (χ4v) is 1.87. The summed E-state index contributed by atoms with van der Waals surface area (Å²) in [4.78, 5) is 11.6. The van der Waals surface area contributed by atoms with Crippen LogP contribution in [0.15, 0.2) is 24.3 Å². The van der Waals surface area contributed by atoms with E-state index in [9.17, 15) is 4.79 Å². The molecule has 0 saturated carbocycles. The van der Waals surface area contributed by atoms with Crippen LogP contribution >= 0.6 is 0 Å². The molecule has 0 N–H and O–H groups in total. The molecule has 0 bridgehead atoms. The van der Waals surface area contributed by atoms with Gasteiger partial charge in [-0.05, 0) is 31.3 Å². The summed E-state index contributed by atoms with van der Waals surface area (Å²) in [5.41, 5.74) is 1.25. The van der Waals surface area contributed by atoms with Crippen LogP contribution in [-0.4, -0.2) is 5.78 Å². The lowest BCUT2D eigenvalue weighted by atomic mass is 9.81. The van der Waals surface area contributed by atoms with Crippen molar-refractivity contribution in [3.05, 3.63) is 24.3 Å². The summed E-state index contributed by atoms with van der Waals surface area (Å²) in [5, 5.41) is 0. The third kappa shape index (κ3) is 2.55. The van der Waals surface area contributed by atoms with E-state index in [2.05, 4.69) is 20.4 Å². The minimum absolute atomic E-state index is 0.258. The Bertz CT molecular complexity index is 236. The maximum Gasteiger partial charge on any atom is 0.158 e. The van der Waals surface area contributed by atoms with Gasteiger partial charge in [-0.25, -0.2) is 0 Å². The zero-order chi connectivity index (χ0) is 9.84. The van der Waals surface area contributed by atoms with Crippen LogP contribution in [0.2, 0.25) is 0 Å². The van der Waals surface area contributed by atoms with Crippen LogP contribution in [0.25, 0.3) is 0 Å². The summed E-state index contributed by atoms with van der Waals surface area (Å²) < 4.78 is 0. The Hall–Kier alpha value is -0.850. The van der Waals surface area contributed by atoms with Gasteiger partial charge in [0, 0.05) is 5.92 Å². The smallest absolute Gasteiger partial charge is 0.158 e. The molecule has 0 spiro atoms. The van der Waals surface area contributed by atoms with Gasteiger partial charge in [0.05, 0.1) is 0 Å². The number of allylic oxidation sites excluding steroid dienone is 3. The van der Waals surface area contributed by atoms with Crippen molar-refractivity contribution in [2.24, 2.45) is 11.8 Å². The molecule has 0 aliphatic heterocycles. The van der Waals surface area contributed by atoms with Gasteiger partial charge in [0.15, 0.2) is 5.78 Å². The van der Waals surface area contributed by atoms with Gasteiger partial charge >= 0.3 is 0 Å². The van der Waals surface area contributed by atoms with Crippen molar-refractivity contribution in [3.8, 4) is 0 Å². The monoisotopic (exact) mass is 178 g/mol. The summed E-state index contributed by atoms with van der Waals surface area (Å²) >= 11 is 0. The average Bonchev–Trinajstić information content (AvgIpc) is 2.04. The molecule has 0 aromatic carbocycles. The zero-order valence-electron chi connectivity index (χ0n) is 8.55. The molecular weight excluding hydrogens is 160 g/mol. The molecule has 1 rings (SSSR count). The molecule has 0 amide bonds. The van der Waals surface area contributed by atoms with Crippen molar-refractivity contribution >= 4 is 5.78 Å². The molecule has 0 fully saturated rings. The first-order valence-corrected chi connectivity index (χ1v) is 4.99. The number of hydrogen-bond acceptors (Lipinski definition) is 1. The zero-order valence-corrected chi connectivity index (χ0v) is 8.55. The molecule has 0 saturated heterocycles. The van der Waals surface area contributed by atoms with E-state index >= 15 is 0 Å². The summed E-state index contributed by atoms with van der Waals surface area (Å²) in [7, 11) is 0. The summed E-state index contributed by atoms with van der Waals surface area (Å²) in [6.07, 6.45) is 6.66. The predicted octanol–water partition coefficient (Wildman–Crippen LogP) is 3.12. The Morgan fingerprint density at radius 3 is 2.85 bits per heavy atom. The standard InChI is InChI=1S/C12H18O/c1-4-5-10-6-7-11(9(2)3)12(13)8-10/h4,8-9,11H,1,5-7H2,2-3H3. The molecule has 1 atom stereocenters. The second kappa shape index (κ2) is 4.40. The lowest BCUT2D eigenvalue weighted by molar-refractivity contribution is -0.120. The molecule has 0 aromatic heterocycles. The molecule has 72 valence electrons. The first-order chi connectivity index (χ1) is 6.15. The van der Waals surface area contributed by atoms with E-state index in [0.717, 1.165) is 19.3 Å². The minimum Gasteiger partial charge on any atom is -0.295 e. The van der Waals surface area contributed by atoms with Crippen LogP contribution in [0.4, 0.5) is 0 Å². The molecule has 13 heavy (non-hydrogen) atoms. The maximum absolute atomic E-state index is 11.6. The fraction of sp³-hybridized carbons (Fsp3) is 0.583. The molecular formula is C12H18O. The molecule has 0 heterocycles. The predicted molar refractivity (Wildman–Crippen MR) is 55.5 cm³/mol. The molecule has 1 unspecified atom stereocenters. The molecule has 0 aromatic rings. The van der Waals surface area contributed by atoms with Crippen molar-refractivity contribution in [1.29, 1.82) is 0 Å². The van der Waals surface area contributed by atoms with Crippen molar-refractivity contribution in [3.63, 3.8) is 0 Å². The van der Waals surface area contributed by atoms with E-state index in [4.69, 9.17) is 0 Å². The van der Waals surface area contributed by atoms with Crippen molar-refractivity contribution in [2.45, 2.75) is 33.1 Å². The lowest BCUT2D eigenvalue weighted by Crippen LogP contribution is -2.22. The highest BCUT2D eigenvalue weighted by Gasteiger charge is 2.24. The molecule has 1 nitrogen and oxygen atoms in total. The molecule has 1 heteroatoms. The van der Waals surface area contributed by atoms with Crippen LogP contribution in [0, 0.1) is 11.8 Å². The normalized spacial score (nSPS) is 23.2. The van der Waals surface area contributed by atoms with Crippen molar-refractivity contribution in [1.82, 2.24) is 0 Å². The largest absolute Gasteiger partial charge is 0.295 e. The fourth-order valence-electron chi connectivity index (χ4n) is 1.87. The van der Waals surface area contributed by atoms with Gasteiger partial charge < -0.3 is 0 Å². The van der Waals surface area contributed by atoms with Gasteiger partial charge in [-0.1, -0.05) is 25.5 Å². The Morgan fingerprint density at radius 1 is 1.69 bits per heavy atom. The second-order valence-electron chi connectivity index (χ2n) is 4.09. The van der Waals surface area contributed by atoms with E-state index in [1.54, 1.807) is 0 Å². The highest BCUT2D eigenvalue weighted by Crippen LogP contribution is 2.27. The van der Waals surface area contributed by atoms with Crippen LogP contribution in [0.1, 0.15) is 33.1 Å². The first kappa shape index (κ1) is 10.2. The Kier molecular flexibility index (Phi) is 3.47. The molecule has 1 aliphatic carbocycles.